The number of benzene rings is 3. The largest absolute Gasteiger partial charge is 0.490 e. The minimum atomic E-state index is -0.453. The van der Waals surface area contributed by atoms with Crippen LogP contribution in [-0.4, -0.2) is 22.6 Å². The van der Waals surface area contributed by atoms with Gasteiger partial charge in [-0.15, -0.1) is 0 Å². The summed E-state index contributed by atoms with van der Waals surface area (Å²) in [4.78, 5) is 28.0. The van der Waals surface area contributed by atoms with Crippen molar-refractivity contribution >= 4 is 79.4 Å². The molecule has 1 amide bonds. The number of aliphatic imine (C=N–C) groups is 1. The van der Waals surface area contributed by atoms with Crippen molar-refractivity contribution in [1.82, 2.24) is 5.32 Å². The minimum Gasteiger partial charge on any atom is -0.490 e. The summed E-state index contributed by atoms with van der Waals surface area (Å²) < 4.78 is 12.3. The maximum atomic E-state index is 12.6. The van der Waals surface area contributed by atoms with Crippen molar-refractivity contribution in [3.63, 3.8) is 0 Å². The van der Waals surface area contributed by atoms with Crippen LogP contribution < -0.4 is 14.8 Å². The summed E-state index contributed by atoms with van der Waals surface area (Å²) in [7, 11) is 0. The second kappa shape index (κ2) is 12.0. The van der Waals surface area contributed by atoms with E-state index in [-0.39, 0.29) is 18.2 Å². The molecule has 37 heavy (non-hydrogen) atoms. The lowest BCUT2D eigenvalue weighted by atomic mass is 10.1. The molecule has 190 valence electrons. The lowest BCUT2D eigenvalue weighted by Gasteiger charge is -2.14. The third-order valence-corrected chi connectivity index (χ3v) is 7.37. The SMILES string of the molecule is CCOc1cc(/C=C2/SC(=Nc3cccc(Cl)c3Cl)NC2=O)c(Br)cc1OCc1cccc([N+](=O)[O-])c1. The van der Waals surface area contributed by atoms with Gasteiger partial charge < -0.3 is 14.8 Å². The summed E-state index contributed by atoms with van der Waals surface area (Å²) >= 11 is 17.0. The first-order chi connectivity index (χ1) is 17.7. The number of carbonyl (C=O) groups is 1. The van der Waals surface area contributed by atoms with Gasteiger partial charge in [-0.25, -0.2) is 4.99 Å². The molecule has 1 aliphatic heterocycles. The number of nitrogens with one attached hydrogen (secondary N) is 1. The molecule has 3 aromatic rings. The number of nitro groups is 1. The van der Waals surface area contributed by atoms with E-state index in [1.54, 1.807) is 48.5 Å². The second-order valence-corrected chi connectivity index (χ2v) is 10.2. The molecule has 4 rings (SSSR count). The molecule has 1 aliphatic rings. The van der Waals surface area contributed by atoms with Crippen LogP contribution >= 0.6 is 50.9 Å². The summed E-state index contributed by atoms with van der Waals surface area (Å²) in [5.74, 6) is 0.604. The van der Waals surface area contributed by atoms with Crippen LogP contribution in [0.3, 0.4) is 0 Å². The van der Waals surface area contributed by atoms with Crippen LogP contribution in [0.15, 0.2) is 69.0 Å². The molecule has 3 aromatic carbocycles. The predicted molar refractivity (Wildman–Crippen MR) is 150 cm³/mol. The van der Waals surface area contributed by atoms with Crippen LogP contribution in [-0.2, 0) is 11.4 Å². The van der Waals surface area contributed by atoms with Crippen molar-refractivity contribution in [3.8, 4) is 11.5 Å². The van der Waals surface area contributed by atoms with E-state index in [4.69, 9.17) is 32.7 Å². The van der Waals surface area contributed by atoms with Crippen molar-refractivity contribution < 1.29 is 19.2 Å². The zero-order valence-corrected chi connectivity index (χ0v) is 23.1. The molecule has 12 heteroatoms. The van der Waals surface area contributed by atoms with Gasteiger partial charge in [-0.05, 0) is 60.2 Å². The van der Waals surface area contributed by atoms with E-state index < -0.39 is 4.92 Å². The van der Waals surface area contributed by atoms with Gasteiger partial charge in [0.15, 0.2) is 16.7 Å². The molecule has 0 saturated carbocycles. The Morgan fingerprint density at radius 1 is 1.14 bits per heavy atom. The lowest BCUT2D eigenvalue weighted by molar-refractivity contribution is -0.384. The Kier molecular flexibility index (Phi) is 8.75. The molecule has 0 spiro atoms. The Balaban J connectivity index is 1.57. The first-order valence-corrected chi connectivity index (χ1v) is 13.2. The quantitative estimate of drug-likeness (QED) is 0.158. The van der Waals surface area contributed by atoms with E-state index in [2.05, 4.69) is 26.2 Å². The fourth-order valence-electron chi connectivity index (χ4n) is 3.27. The monoisotopic (exact) mass is 621 g/mol. The lowest BCUT2D eigenvalue weighted by Crippen LogP contribution is -2.19. The molecule has 1 N–H and O–H groups in total. The Morgan fingerprint density at radius 2 is 1.89 bits per heavy atom. The van der Waals surface area contributed by atoms with Crippen molar-refractivity contribution in [2.45, 2.75) is 13.5 Å². The number of thioether (sulfide) groups is 1. The number of nitro benzene ring substituents is 1. The van der Waals surface area contributed by atoms with Gasteiger partial charge in [-0.2, -0.15) is 0 Å². The minimum absolute atomic E-state index is 0.0119. The van der Waals surface area contributed by atoms with Gasteiger partial charge in [0.1, 0.15) is 6.61 Å². The van der Waals surface area contributed by atoms with Crippen LogP contribution in [0.25, 0.3) is 6.08 Å². The first-order valence-electron chi connectivity index (χ1n) is 10.8. The molecular formula is C25H18BrCl2N3O5S. The van der Waals surface area contributed by atoms with Gasteiger partial charge >= 0.3 is 0 Å². The highest BCUT2D eigenvalue weighted by Crippen LogP contribution is 2.38. The number of halogens is 3. The molecule has 0 aromatic heterocycles. The predicted octanol–water partition coefficient (Wildman–Crippen LogP) is 7.53. The smallest absolute Gasteiger partial charge is 0.269 e. The van der Waals surface area contributed by atoms with Gasteiger partial charge in [0, 0.05) is 16.6 Å². The normalized spacial score (nSPS) is 15.2. The fourth-order valence-corrected chi connectivity index (χ4v) is 4.87. The van der Waals surface area contributed by atoms with E-state index >= 15 is 0 Å². The van der Waals surface area contributed by atoms with E-state index in [1.165, 1.54) is 23.9 Å². The molecule has 0 bridgehead atoms. The van der Waals surface area contributed by atoms with Gasteiger partial charge in [0.05, 0.1) is 32.2 Å². The maximum Gasteiger partial charge on any atom is 0.269 e. The number of carbonyl (C=O) groups excluding carboxylic acids is 1. The number of hydrogen-bond acceptors (Lipinski definition) is 7. The Morgan fingerprint density at radius 3 is 2.65 bits per heavy atom. The molecule has 0 radical (unpaired) electrons. The van der Waals surface area contributed by atoms with Gasteiger partial charge in [0.25, 0.3) is 11.6 Å². The highest BCUT2D eigenvalue weighted by atomic mass is 79.9. The standard InChI is InChI=1S/C25H18BrCl2N3O5S/c1-2-35-20-10-15(17(26)12-21(20)36-13-14-5-3-6-16(9-14)31(33)34)11-22-24(32)30-25(37-22)29-19-8-4-7-18(27)23(19)28/h3-12H,2,13H2,1H3,(H,29,30,32)/b22-11+. The molecule has 1 heterocycles. The number of hydrogen-bond donors (Lipinski definition) is 1. The molecule has 0 aliphatic carbocycles. The van der Waals surface area contributed by atoms with Crippen LogP contribution in [0.2, 0.25) is 10.0 Å². The number of non-ortho nitro benzene ring substituents is 1. The second-order valence-electron chi connectivity index (χ2n) is 7.52. The summed E-state index contributed by atoms with van der Waals surface area (Å²) in [6.07, 6.45) is 1.71. The Labute approximate surface area is 234 Å². The number of nitrogens with zero attached hydrogens (tertiary/aromatic N) is 2. The third kappa shape index (κ3) is 6.64. The van der Waals surface area contributed by atoms with Crippen molar-refractivity contribution in [3.05, 3.63) is 95.3 Å². The van der Waals surface area contributed by atoms with Crippen LogP contribution in [0.5, 0.6) is 11.5 Å². The maximum absolute atomic E-state index is 12.6. The van der Waals surface area contributed by atoms with Crippen LogP contribution in [0, 0.1) is 10.1 Å². The molecule has 8 nitrogen and oxygen atoms in total. The number of ether oxygens (including phenoxy) is 2. The number of amides is 1. The van der Waals surface area contributed by atoms with Crippen molar-refractivity contribution in [1.29, 1.82) is 0 Å². The van der Waals surface area contributed by atoms with Gasteiger partial charge in [0.2, 0.25) is 0 Å². The topological polar surface area (TPSA) is 103 Å². The molecule has 1 saturated heterocycles. The zero-order valence-electron chi connectivity index (χ0n) is 19.2. The summed E-state index contributed by atoms with van der Waals surface area (Å²) in [6, 6.07) is 14.8. The average molecular weight is 623 g/mol. The molecular weight excluding hydrogens is 605 g/mol. The van der Waals surface area contributed by atoms with Gasteiger partial charge in [-0.1, -0.05) is 57.3 Å². The van der Waals surface area contributed by atoms with Crippen LogP contribution in [0.1, 0.15) is 18.1 Å². The van der Waals surface area contributed by atoms with E-state index in [0.29, 0.717) is 59.5 Å². The number of rotatable bonds is 8. The Bertz CT molecular complexity index is 1450. The third-order valence-electron chi connectivity index (χ3n) is 4.97. The van der Waals surface area contributed by atoms with E-state index in [1.807, 2.05) is 6.92 Å². The molecule has 0 atom stereocenters. The van der Waals surface area contributed by atoms with Crippen molar-refractivity contribution in [2.75, 3.05) is 6.61 Å². The first kappa shape index (κ1) is 27.0. The van der Waals surface area contributed by atoms with E-state index in [0.717, 1.165) is 0 Å². The summed E-state index contributed by atoms with van der Waals surface area (Å²) in [5.41, 5.74) is 1.76. The van der Waals surface area contributed by atoms with E-state index in [9.17, 15) is 14.9 Å². The highest BCUT2D eigenvalue weighted by molar-refractivity contribution is 9.10. The fraction of sp³-hybridized carbons (Fsp3) is 0.120. The zero-order chi connectivity index (χ0) is 26.5. The average Bonchev–Trinajstić information content (AvgIpc) is 3.21. The van der Waals surface area contributed by atoms with Crippen LogP contribution in [0.4, 0.5) is 11.4 Å². The highest BCUT2D eigenvalue weighted by Gasteiger charge is 2.25. The summed E-state index contributed by atoms with van der Waals surface area (Å²) in [5, 5.41) is 14.8. The Hall–Kier alpha value is -3.05. The number of amidine groups is 1. The molecule has 1 fully saturated rings. The summed E-state index contributed by atoms with van der Waals surface area (Å²) in [6.45, 7) is 2.34. The molecule has 0 unspecified atom stereocenters. The van der Waals surface area contributed by atoms with Crippen molar-refractivity contribution in [2.24, 2.45) is 4.99 Å². The van der Waals surface area contributed by atoms with Gasteiger partial charge in [-0.3, -0.25) is 14.9 Å².